The van der Waals surface area contributed by atoms with Crippen LogP contribution in [0.15, 0.2) is 42.5 Å². The Morgan fingerprint density at radius 1 is 1.17 bits per heavy atom. The highest BCUT2D eigenvalue weighted by molar-refractivity contribution is 6.30. The molecule has 4 rings (SSSR count). The van der Waals surface area contributed by atoms with Crippen molar-refractivity contribution in [2.75, 3.05) is 6.79 Å². The van der Waals surface area contributed by atoms with E-state index in [0.717, 1.165) is 22.4 Å². The quantitative estimate of drug-likeness (QED) is 0.739. The van der Waals surface area contributed by atoms with E-state index in [9.17, 15) is 0 Å². The summed E-state index contributed by atoms with van der Waals surface area (Å²) in [7, 11) is 0. The number of rotatable bonds is 3. The van der Waals surface area contributed by atoms with Crippen molar-refractivity contribution in [2.45, 2.75) is 13.2 Å². The minimum absolute atomic E-state index is 0.238. The number of nitrogens with zero attached hydrogens (tertiary/aromatic N) is 4. The second-order valence-corrected chi connectivity index (χ2v) is 5.61. The molecule has 116 valence electrons. The Balaban J connectivity index is 1.64. The van der Waals surface area contributed by atoms with E-state index in [1.165, 1.54) is 4.80 Å². The van der Waals surface area contributed by atoms with Gasteiger partial charge in [-0.15, -0.1) is 10.2 Å². The lowest BCUT2D eigenvalue weighted by Crippen LogP contribution is -2.15. The van der Waals surface area contributed by atoms with Gasteiger partial charge in [0.2, 0.25) is 5.82 Å². The summed E-state index contributed by atoms with van der Waals surface area (Å²) in [4.78, 5) is 1.53. The summed E-state index contributed by atoms with van der Waals surface area (Å²) in [6.45, 7) is 1.16. The number of hydrogen-bond donors (Lipinski definition) is 0. The van der Waals surface area contributed by atoms with Crippen molar-refractivity contribution in [3.63, 3.8) is 0 Å². The number of tetrazole rings is 1. The molecule has 0 radical (unpaired) electrons. The molecule has 0 saturated heterocycles. The zero-order chi connectivity index (χ0) is 15.6. The summed E-state index contributed by atoms with van der Waals surface area (Å²) in [5, 5.41) is 13.3. The fraction of sp³-hybridized carbons (Fsp3) is 0.188. The van der Waals surface area contributed by atoms with E-state index < -0.39 is 0 Å². The SMILES string of the molecule is Clc1cc2c(c(Cn3nnc(-c4ccccc4)n3)c1)OCOC2. The average Bonchev–Trinajstić information content (AvgIpc) is 3.04. The van der Waals surface area contributed by atoms with Gasteiger partial charge in [-0.3, -0.25) is 0 Å². The van der Waals surface area contributed by atoms with Gasteiger partial charge in [-0.2, -0.15) is 4.80 Å². The van der Waals surface area contributed by atoms with Crippen LogP contribution in [0.3, 0.4) is 0 Å². The summed E-state index contributed by atoms with van der Waals surface area (Å²) in [6.07, 6.45) is 0. The number of ether oxygens (including phenoxy) is 2. The van der Waals surface area contributed by atoms with Crippen molar-refractivity contribution in [2.24, 2.45) is 0 Å². The first-order chi connectivity index (χ1) is 11.3. The fourth-order valence-electron chi connectivity index (χ4n) is 2.54. The van der Waals surface area contributed by atoms with Crippen molar-refractivity contribution in [1.82, 2.24) is 20.2 Å². The smallest absolute Gasteiger partial charge is 0.204 e. The molecular formula is C16H13ClN4O2. The predicted molar refractivity (Wildman–Crippen MR) is 84.1 cm³/mol. The molecule has 2 aromatic carbocycles. The predicted octanol–water partition coefficient (Wildman–Crippen LogP) is 2.91. The van der Waals surface area contributed by atoms with Gasteiger partial charge < -0.3 is 9.47 Å². The largest absolute Gasteiger partial charge is 0.467 e. The third kappa shape index (κ3) is 2.91. The van der Waals surface area contributed by atoms with Gasteiger partial charge in [0.25, 0.3) is 0 Å². The van der Waals surface area contributed by atoms with Crippen molar-refractivity contribution in [3.05, 3.63) is 58.6 Å². The lowest BCUT2D eigenvalue weighted by molar-refractivity contribution is -0.0171. The maximum absolute atomic E-state index is 6.17. The number of aromatic nitrogens is 4. The molecule has 0 atom stereocenters. The molecule has 1 aromatic heterocycles. The molecule has 0 unspecified atom stereocenters. The van der Waals surface area contributed by atoms with Gasteiger partial charge in [-0.1, -0.05) is 41.9 Å². The van der Waals surface area contributed by atoms with E-state index >= 15 is 0 Å². The van der Waals surface area contributed by atoms with Crippen LogP contribution in [0.5, 0.6) is 5.75 Å². The Bertz CT molecular complexity index is 835. The van der Waals surface area contributed by atoms with E-state index in [2.05, 4.69) is 15.4 Å². The highest BCUT2D eigenvalue weighted by atomic mass is 35.5. The van der Waals surface area contributed by atoms with Gasteiger partial charge in [-0.05, 0) is 17.3 Å². The molecule has 2 heterocycles. The van der Waals surface area contributed by atoms with Gasteiger partial charge in [0.1, 0.15) is 5.75 Å². The molecule has 0 saturated carbocycles. The third-order valence-electron chi connectivity index (χ3n) is 3.55. The van der Waals surface area contributed by atoms with Crippen LogP contribution in [0.25, 0.3) is 11.4 Å². The molecular weight excluding hydrogens is 316 g/mol. The maximum Gasteiger partial charge on any atom is 0.204 e. The summed E-state index contributed by atoms with van der Waals surface area (Å²) < 4.78 is 10.9. The monoisotopic (exact) mass is 328 g/mol. The fourth-order valence-corrected chi connectivity index (χ4v) is 2.80. The number of hydrogen-bond acceptors (Lipinski definition) is 5. The maximum atomic E-state index is 6.17. The molecule has 1 aliphatic heterocycles. The summed E-state index contributed by atoms with van der Waals surface area (Å²) in [6, 6.07) is 13.4. The second kappa shape index (κ2) is 5.98. The zero-order valence-corrected chi connectivity index (χ0v) is 12.9. The van der Waals surface area contributed by atoms with E-state index in [1.54, 1.807) is 0 Å². The van der Waals surface area contributed by atoms with Crippen LogP contribution >= 0.6 is 11.6 Å². The first kappa shape index (κ1) is 14.2. The Hall–Kier alpha value is -2.44. The van der Waals surface area contributed by atoms with Crippen LogP contribution in [0.2, 0.25) is 5.02 Å². The van der Waals surface area contributed by atoms with E-state index in [4.69, 9.17) is 21.1 Å². The molecule has 1 aliphatic rings. The van der Waals surface area contributed by atoms with E-state index in [1.807, 2.05) is 42.5 Å². The summed E-state index contributed by atoms with van der Waals surface area (Å²) in [5.74, 6) is 1.38. The van der Waals surface area contributed by atoms with E-state index in [-0.39, 0.29) is 6.79 Å². The number of halogens is 1. The van der Waals surface area contributed by atoms with Crippen molar-refractivity contribution < 1.29 is 9.47 Å². The lowest BCUT2D eigenvalue weighted by atomic mass is 10.1. The highest BCUT2D eigenvalue weighted by Gasteiger charge is 2.17. The molecule has 0 aliphatic carbocycles. The minimum Gasteiger partial charge on any atom is -0.467 e. The Kier molecular flexibility index (Phi) is 3.69. The zero-order valence-electron chi connectivity index (χ0n) is 12.1. The molecule has 0 spiro atoms. The third-order valence-corrected chi connectivity index (χ3v) is 3.77. The van der Waals surface area contributed by atoms with Gasteiger partial charge in [0.05, 0.1) is 13.2 Å². The van der Waals surface area contributed by atoms with Crippen LogP contribution < -0.4 is 4.74 Å². The van der Waals surface area contributed by atoms with E-state index in [0.29, 0.717) is 24.0 Å². The van der Waals surface area contributed by atoms with Crippen molar-refractivity contribution >= 4 is 11.6 Å². The standard InChI is InChI=1S/C16H13ClN4O2/c17-14-6-12(15-13(7-14)9-22-10-23-15)8-21-19-16(18-20-21)11-4-2-1-3-5-11/h1-7H,8-10H2. The van der Waals surface area contributed by atoms with Gasteiger partial charge >= 0.3 is 0 Å². The van der Waals surface area contributed by atoms with Gasteiger partial charge in [0.15, 0.2) is 6.79 Å². The first-order valence-corrected chi connectivity index (χ1v) is 7.52. The molecule has 0 fully saturated rings. The molecule has 3 aromatic rings. The van der Waals surface area contributed by atoms with Crippen LogP contribution in [-0.2, 0) is 17.9 Å². The molecule has 6 nitrogen and oxygen atoms in total. The normalized spacial score (nSPS) is 13.4. The van der Waals surface area contributed by atoms with Crippen LogP contribution in [-0.4, -0.2) is 27.0 Å². The average molecular weight is 329 g/mol. The molecule has 0 bridgehead atoms. The number of fused-ring (bicyclic) bond motifs is 1. The highest BCUT2D eigenvalue weighted by Crippen LogP contribution is 2.32. The summed E-state index contributed by atoms with van der Waals surface area (Å²) >= 11 is 6.17. The van der Waals surface area contributed by atoms with Gasteiger partial charge in [-0.25, -0.2) is 0 Å². The molecule has 0 N–H and O–H groups in total. The van der Waals surface area contributed by atoms with Crippen molar-refractivity contribution in [1.29, 1.82) is 0 Å². The lowest BCUT2D eigenvalue weighted by Gasteiger charge is -2.20. The Morgan fingerprint density at radius 3 is 2.91 bits per heavy atom. The Labute approximate surface area is 137 Å². The second-order valence-electron chi connectivity index (χ2n) is 5.17. The topological polar surface area (TPSA) is 62.1 Å². The molecule has 23 heavy (non-hydrogen) atoms. The van der Waals surface area contributed by atoms with Crippen molar-refractivity contribution in [3.8, 4) is 17.1 Å². The molecule has 7 heteroatoms. The first-order valence-electron chi connectivity index (χ1n) is 7.15. The Morgan fingerprint density at radius 2 is 2.04 bits per heavy atom. The van der Waals surface area contributed by atoms with Crippen LogP contribution in [0.1, 0.15) is 11.1 Å². The van der Waals surface area contributed by atoms with Crippen LogP contribution in [0.4, 0.5) is 0 Å². The number of benzene rings is 2. The minimum atomic E-state index is 0.238. The molecule has 0 amide bonds. The van der Waals surface area contributed by atoms with Gasteiger partial charge in [0, 0.05) is 21.7 Å². The summed E-state index contributed by atoms with van der Waals surface area (Å²) in [5.41, 5.74) is 2.77. The van der Waals surface area contributed by atoms with Crippen LogP contribution in [0, 0.1) is 0 Å².